The summed E-state index contributed by atoms with van der Waals surface area (Å²) in [6.07, 6.45) is 0.0852. The van der Waals surface area contributed by atoms with Gasteiger partial charge in [-0.1, -0.05) is 108 Å². The Kier molecular flexibility index (Phi) is 5.39. The number of fused-ring (bicyclic) bond motifs is 1. The van der Waals surface area contributed by atoms with Crippen molar-refractivity contribution in [3.05, 3.63) is 112 Å². The third-order valence-electron chi connectivity index (χ3n) is 5.66. The van der Waals surface area contributed by atoms with Gasteiger partial charge in [0.05, 0.1) is 16.1 Å². The van der Waals surface area contributed by atoms with Gasteiger partial charge in [-0.2, -0.15) is 0 Å². The molecule has 0 saturated carbocycles. The summed E-state index contributed by atoms with van der Waals surface area (Å²) in [6, 6.07) is 31.2. The van der Waals surface area contributed by atoms with E-state index in [-0.39, 0.29) is 12.1 Å². The lowest BCUT2D eigenvalue weighted by Crippen LogP contribution is -2.55. The maximum atomic E-state index is 6.50. The van der Waals surface area contributed by atoms with Gasteiger partial charge in [0.1, 0.15) is 11.9 Å². The zero-order chi connectivity index (χ0) is 20.5. The van der Waals surface area contributed by atoms with Crippen molar-refractivity contribution in [3.63, 3.8) is 0 Å². The Morgan fingerprint density at radius 1 is 0.700 bits per heavy atom. The molecule has 1 aliphatic rings. The molecule has 1 saturated heterocycles. The van der Waals surface area contributed by atoms with Crippen LogP contribution in [0.25, 0.3) is 10.8 Å². The lowest BCUT2D eigenvalue weighted by atomic mass is 9.94. The molecule has 0 bridgehead atoms. The summed E-state index contributed by atoms with van der Waals surface area (Å²) in [5, 5.41) is 3.11. The van der Waals surface area contributed by atoms with E-state index in [0.29, 0.717) is 10.0 Å². The second-order valence-corrected chi connectivity index (χ2v) is 8.45. The molecule has 0 atom stereocenters. The highest BCUT2D eigenvalue weighted by Gasteiger charge is 2.36. The Bertz CT molecular complexity index is 1120. The van der Waals surface area contributed by atoms with E-state index in [1.54, 1.807) is 6.07 Å². The van der Waals surface area contributed by atoms with Crippen molar-refractivity contribution in [2.75, 3.05) is 13.1 Å². The summed E-state index contributed by atoms with van der Waals surface area (Å²) in [5.41, 5.74) is 2.58. The molecule has 30 heavy (non-hydrogen) atoms. The van der Waals surface area contributed by atoms with Gasteiger partial charge < -0.3 is 4.74 Å². The molecule has 4 heteroatoms. The number of nitrogens with zero attached hydrogens (tertiary/aromatic N) is 1. The number of hydrogen-bond acceptors (Lipinski definition) is 2. The van der Waals surface area contributed by atoms with Crippen molar-refractivity contribution in [1.29, 1.82) is 0 Å². The molecule has 0 aromatic heterocycles. The SMILES string of the molecule is Clc1cc(Cl)c2ccccc2c1OC1CN(C(c2ccccc2)c2ccccc2)C1. The van der Waals surface area contributed by atoms with Gasteiger partial charge >= 0.3 is 0 Å². The first-order valence-corrected chi connectivity index (χ1v) is 10.8. The third kappa shape index (κ3) is 3.67. The van der Waals surface area contributed by atoms with Crippen molar-refractivity contribution in [1.82, 2.24) is 4.90 Å². The molecule has 150 valence electrons. The van der Waals surface area contributed by atoms with E-state index in [1.165, 1.54) is 11.1 Å². The fourth-order valence-electron chi connectivity index (χ4n) is 4.20. The second kappa shape index (κ2) is 8.31. The van der Waals surface area contributed by atoms with E-state index >= 15 is 0 Å². The summed E-state index contributed by atoms with van der Waals surface area (Å²) in [7, 11) is 0. The molecule has 5 rings (SSSR count). The summed E-state index contributed by atoms with van der Waals surface area (Å²) in [6.45, 7) is 1.67. The number of benzene rings is 4. The third-order valence-corrected chi connectivity index (χ3v) is 6.25. The molecule has 1 fully saturated rings. The molecule has 1 aliphatic heterocycles. The molecule has 0 unspecified atom stereocenters. The van der Waals surface area contributed by atoms with Gasteiger partial charge in [0.25, 0.3) is 0 Å². The number of hydrogen-bond donors (Lipinski definition) is 0. The van der Waals surface area contributed by atoms with Gasteiger partial charge in [0, 0.05) is 23.9 Å². The minimum Gasteiger partial charge on any atom is -0.486 e. The standard InChI is InChI=1S/C26H21Cl2NO/c27-23-15-24(28)26(22-14-8-7-13-21(22)23)30-20-16-29(17-20)25(18-9-3-1-4-10-18)19-11-5-2-6-12-19/h1-15,20,25H,16-17H2. The molecule has 0 amide bonds. The highest BCUT2D eigenvalue weighted by atomic mass is 35.5. The molecule has 2 nitrogen and oxygen atoms in total. The van der Waals surface area contributed by atoms with Crippen LogP contribution >= 0.6 is 23.2 Å². The average molecular weight is 434 g/mol. The topological polar surface area (TPSA) is 12.5 Å². The van der Waals surface area contributed by atoms with Crippen LogP contribution in [0.4, 0.5) is 0 Å². The Morgan fingerprint density at radius 2 is 1.23 bits per heavy atom. The van der Waals surface area contributed by atoms with E-state index < -0.39 is 0 Å². The zero-order valence-electron chi connectivity index (χ0n) is 16.3. The van der Waals surface area contributed by atoms with Gasteiger partial charge in [0.2, 0.25) is 0 Å². The summed E-state index contributed by atoms with van der Waals surface area (Å²) in [5.74, 6) is 0.720. The molecule has 4 aromatic carbocycles. The van der Waals surface area contributed by atoms with Gasteiger partial charge in [-0.05, 0) is 17.2 Å². The predicted octanol–water partition coefficient (Wildman–Crippen LogP) is 7.00. The first-order valence-electron chi connectivity index (χ1n) is 10.1. The molecular formula is C26H21Cl2NO. The van der Waals surface area contributed by atoms with Crippen LogP contribution in [-0.4, -0.2) is 24.1 Å². The molecule has 0 N–H and O–H groups in total. The monoisotopic (exact) mass is 433 g/mol. The Labute approximate surface area is 186 Å². The summed E-state index contributed by atoms with van der Waals surface area (Å²) in [4.78, 5) is 2.45. The maximum absolute atomic E-state index is 6.50. The van der Waals surface area contributed by atoms with Crippen molar-refractivity contribution >= 4 is 34.0 Å². The van der Waals surface area contributed by atoms with E-state index in [9.17, 15) is 0 Å². The minimum atomic E-state index is 0.0852. The van der Waals surface area contributed by atoms with Crippen LogP contribution in [0.1, 0.15) is 17.2 Å². The molecule has 0 aliphatic carbocycles. The largest absolute Gasteiger partial charge is 0.486 e. The van der Waals surface area contributed by atoms with Crippen LogP contribution < -0.4 is 4.74 Å². The van der Waals surface area contributed by atoms with Crippen LogP contribution in [0.15, 0.2) is 91.0 Å². The molecule has 0 spiro atoms. The van der Waals surface area contributed by atoms with Gasteiger partial charge in [-0.25, -0.2) is 0 Å². The molecule has 4 aromatic rings. The van der Waals surface area contributed by atoms with Crippen LogP contribution in [0.2, 0.25) is 10.0 Å². The van der Waals surface area contributed by atoms with Crippen molar-refractivity contribution < 1.29 is 4.74 Å². The van der Waals surface area contributed by atoms with Crippen LogP contribution in [-0.2, 0) is 0 Å². The lowest BCUT2D eigenvalue weighted by Gasteiger charge is -2.44. The summed E-state index contributed by atoms with van der Waals surface area (Å²) >= 11 is 12.9. The molecule has 1 heterocycles. The number of ether oxygens (including phenoxy) is 1. The van der Waals surface area contributed by atoms with E-state index in [4.69, 9.17) is 27.9 Å². The van der Waals surface area contributed by atoms with Crippen molar-refractivity contribution in [2.45, 2.75) is 12.1 Å². The smallest absolute Gasteiger partial charge is 0.146 e. The maximum Gasteiger partial charge on any atom is 0.146 e. The fraction of sp³-hybridized carbons (Fsp3) is 0.154. The number of halogens is 2. The van der Waals surface area contributed by atoms with Crippen molar-refractivity contribution in [3.8, 4) is 5.75 Å². The number of likely N-dealkylation sites (tertiary alicyclic amines) is 1. The highest BCUT2D eigenvalue weighted by molar-refractivity contribution is 6.39. The highest BCUT2D eigenvalue weighted by Crippen LogP contribution is 2.40. The first-order chi connectivity index (χ1) is 14.7. The molecular weight excluding hydrogens is 413 g/mol. The van der Waals surface area contributed by atoms with Crippen molar-refractivity contribution in [2.24, 2.45) is 0 Å². The normalized spacial score (nSPS) is 14.8. The van der Waals surface area contributed by atoms with E-state index in [2.05, 4.69) is 65.6 Å². The minimum absolute atomic E-state index is 0.0852. The Morgan fingerprint density at radius 3 is 1.83 bits per heavy atom. The fourth-order valence-corrected chi connectivity index (χ4v) is 4.78. The van der Waals surface area contributed by atoms with Gasteiger partial charge in [-0.3, -0.25) is 4.90 Å². The van der Waals surface area contributed by atoms with E-state index in [0.717, 1.165) is 29.6 Å². The van der Waals surface area contributed by atoms with Crippen LogP contribution in [0.3, 0.4) is 0 Å². The first kappa shape index (κ1) is 19.4. The van der Waals surface area contributed by atoms with Crippen LogP contribution in [0, 0.1) is 0 Å². The van der Waals surface area contributed by atoms with Gasteiger partial charge in [0.15, 0.2) is 0 Å². The lowest BCUT2D eigenvalue weighted by molar-refractivity contribution is 0.00117. The summed E-state index contributed by atoms with van der Waals surface area (Å²) < 4.78 is 6.37. The predicted molar refractivity (Wildman–Crippen MR) is 125 cm³/mol. The molecule has 0 radical (unpaired) electrons. The van der Waals surface area contributed by atoms with E-state index in [1.807, 2.05) is 24.3 Å². The Hall–Kier alpha value is -2.52. The second-order valence-electron chi connectivity index (χ2n) is 7.63. The Balaban J connectivity index is 1.39. The number of rotatable bonds is 5. The zero-order valence-corrected chi connectivity index (χ0v) is 17.9. The van der Waals surface area contributed by atoms with Gasteiger partial charge in [-0.15, -0.1) is 0 Å². The van der Waals surface area contributed by atoms with Crippen LogP contribution in [0.5, 0.6) is 5.75 Å². The quantitative estimate of drug-likeness (QED) is 0.335. The average Bonchev–Trinajstić information content (AvgIpc) is 2.76.